The van der Waals surface area contributed by atoms with Crippen molar-refractivity contribution in [2.24, 2.45) is 11.8 Å². The van der Waals surface area contributed by atoms with E-state index in [4.69, 9.17) is 4.74 Å². The third-order valence-corrected chi connectivity index (χ3v) is 4.41. The normalized spacial score (nSPS) is 23.7. The third-order valence-electron chi connectivity index (χ3n) is 3.79. The van der Waals surface area contributed by atoms with E-state index >= 15 is 0 Å². The SMILES string of the molecule is COc1ccc(NCC2CCCC(C)C2)cc1Br. The molecule has 2 nitrogen and oxygen atoms in total. The van der Waals surface area contributed by atoms with Gasteiger partial charge in [-0.3, -0.25) is 0 Å². The third kappa shape index (κ3) is 3.64. The molecule has 0 bridgehead atoms. The second-order valence-electron chi connectivity index (χ2n) is 5.37. The molecular weight excluding hydrogens is 290 g/mol. The smallest absolute Gasteiger partial charge is 0.133 e. The lowest BCUT2D eigenvalue weighted by atomic mass is 9.82. The maximum atomic E-state index is 5.23. The maximum Gasteiger partial charge on any atom is 0.133 e. The zero-order valence-corrected chi connectivity index (χ0v) is 12.8. The van der Waals surface area contributed by atoms with Crippen molar-refractivity contribution >= 4 is 21.6 Å². The van der Waals surface area contributed by atoms with Gasteiger partial charge in [0, 0.05) is 12.2 Å². The number of benzene rings is 1. The number of ether oxygens (including phenoxy) is 1. The van der Waals surface area contributed by atoms with Crippen molar-refractivity contribution in [3.05, 3.63) is 22.7 Å². The van der Waals surface area contributed by atoms with E-state index in [0.29, 0.717) is 0 Å². The van der Waals surface area contributed by atoms with Crippen molar-refractivity contribution in [3.8, 4) is 5.75 Å². The molecule has 2 unspecified atom stereocenters. The highest BCUT2D eigenvalue weighted by molar-refractivity contribution is 9.10. The van der Waals surface area contributed by atoms with Crippen LogP contribution in [0.4, 0.5) is 5.69 Å². The molecule has 1 N–H and O–H groups in total. The Balaban J connectivity index is 1.88. The number of nitrogens with one attached hydrogen (secondary N) is 1. The van der Waals surface area contributed by atoms with Crippen LogP contribution in [0.15, 0.2) is 22.7 Å². The summed E-state index contributed by atoms with van der Waals surface area (Å²) in [7, 11) is 1.69. The highest BCUT2D eigenvalue weighted by Crippen LogP contribution is 2.30. The van der Waals surface area contributed by atoms with Gasteiger partial charge >= 0.3 is 0 Å². The Labute approximate surface area is 118 Å². The minimum atomic E-state index is 0.828. The van der Waals surface area contributed by atoms with E-state index in [2.05, 4.69) is 40.3 Å². The van der Waals surface area contributed by atoms with E-state index in [0.717, 1.165) is 28.6 Å². The van der Waals surface area contributed by atoms with E-state index in [-0.39, 0.29) is 0 Å². The van der Waals surface area contributed by atoms with E-state index in [1.165, 1.54) is 31.4 Å². The molecule has 0 aliphatic heterocycles. The fourth-order valence-corrected chi connectivity index (χ4v) is 3.32. The number of methoxy groups -OCH3 is 1. The number of halogens is 1. The van der Waals surface area contributed by atoms with Crippen molar-refractivity contribution in [2.75, 3.05) is 19.0 Å². The van der Waals surface area contributed by atoms with Gasteiger partial charge in [0.25, 0.3) is 0 Å². The van der Waals surface area contributed by atoms with Crippen LogP contribution >= 0.6 is 15.9 Å². The van der Waals surface area contributed by atoms with E-state index < -0.39 is 0 Å². The van der Waals surface area contributed by atoms with Gasteiger partial charge in [-0.25, -0.2) is 0 Å². The largest absolute Gasteiger partial charge is 0.496 e. The predicted molar refractivity (Wildman–Crippen MR) is 80.3 cm³/mol. The first kappa shape index (κ1) is 13.7. The molecule has 1 aromatic rings. The second kappa shape index (κ2) is 6.46. The Hall–Kier alpha value is -0.700. The van der Waals surface area contributed by atoms with Gasteiger partial charge in [-0.15, -0.1) is 0 Å². The molecule has 1 aromatic carbocycles. The van der Waals surface area contributed by atoms with Crippen LogP contribution in [0.2, 0.25) is 0 Å². The summed E-state index contributed by atoms with van der Waals surface area (Å²) in [6, 6.07) is 6.16. The lowest BCUT2D eigenvalue weighted by Crippen LogP contribution is -2.20. The van der Waals surface area contributed by atoms with Crippen LogP contribution in [-0.2, 0) is 0 Å². The standard InChI is InChI=1S/C15H22BrNO/c1-11-4-3-5-12(8-11)10-17-13-6-7-15(18-2)14(16)9-13/h6-7,9,11-12,17H,3-5,8,10H2,1-2H3. The highest BCUT2D eigenvalue weighted by Gasteiger charge is 2.18. The predicted octanol–water partition coefficient (Wildman–Crippen LogP) is 4.70. The lowest BCUT2D eigenvalue weighted by Gasteiger charge is -2.27. The molecule has 0 spiro atoms. The molecule has 2 atom stereocenters. The zero-order chi connectivity index (χ0) is 13.0. The topological polar surface area (TPSA) is 21.3 Å². The van der Waals surface area contributed by atoms with Crippen LogP contribution in [0, 0.1) is 11.8 Å². The molecule has 0 heterocycles. The monoisotopic (exact) mass is 311 g/mol. The lowest BCUT2D eigenvalue weighted by molar-refractivity contribution is 0.293. The van der Waals surface area contributed by atoms with Crippen LogP contribution in [-0.4, -0.2) is 13.7 Å². The molecule has 100 valence electrons. The Morgan fingerprint density at radius 1 is 1.39 bits per heavy atom. The Morgan fingerprint density at radius 2 is 2.22 bits per heavy atom. The summed E-state index contributed by atoms with van der Waals surface area (Å²) in [4.78, 5) is 0. The summed E-state index contributed by atoms with van der Waals surface area (Å²) in [5.74, 6) is 2.61. The maximum absolute atomic E-state index is 5.23. The molecule has 1 aliphatic rings. The molecule has 1 fully saturated rings. The van der Waals surface area contributed by atoms with Gasteiger partial charge in [0.05, 0.1) is 11.6 Å². The molecule has 2 rings (SSSR count). The molecule has 0 saturated heterocycles. The Morgan fingerprint density at radius 3 is 2.89 bits per heavy atom. The summed E-state index contributed by atoms with van der Waals surface area (Å²) in [6.45, 7) is 3.46. The summed E-state index contributed by atoms with van der Waals surface area (Å²) in [5, 5.41) is 3.54. The minimum absolute atomic E-state index is 0.828. The first-order chi connectivity index (χ1) is 8.69. The fraction of sp³-hybridized carbons (Fsp3) is 0.600. The molecular formula is C15H22BrNO. The number of hydrogen-bond acceptors (Lipinski definition) is 2. The molecule has 0 aromatic heterocycles. The fourth-order valence-electron chi connectivity index (χ4n) is 2.78. The van der Waals surface area contributed by atoms with Crippen LogP contribution in [0.1, 0.15) is 32.6 Å². The van der Waals surface area contributed by atoms with Crippen molar-refractivity contribution in [1.29, 1.82) is 0 Å². The number of rotatable bonds is 4. The van der Waals surface area contributed by atoms with Crippen LogP contribution in [0.5, 0.6) is 5.75 Å². The quantitative estimate of drug-likeness (QED) is 0.870. The molecule has 0 amide bonds. The molecule has 3 heteroatoms. The van der Waals surface area contributed by atoms with Crippen molar-refractivity contribution in [3.63, 3.8) is 0 Å². The average Bonchev–Trinajstić information content (AvgIpc) is 2.37. The van der Waals surface area contributed by atoms with Crippen LogP contribution in [0.25, 0.3) is 0 Å². The first-order valence-corrected chi connectivity index (χ1v) is 7.55. The van der Waals surface area contributed by atoms with E-state index in [1.807, 2.05) is 6.07 Å². The van der Waals surface area contributed by atoms with E-state index in [1.54, 1.807) is 7.11 Å². The molecule has 0 radical (unpaired) electrons. The summed E-state index contributed by atoms with van der Waals surface area (Å²) >= 11 is 3.52. The summed E-state index contributed by atoms with van der Waals surface area (Å²) in [6.07, 6.45) is 5.53. The second-order valence-corrected chi connectivity index (χ2v) is 6.22. The van der Waals surface area contributed by atoms with Crippen molar-refractivity contribution < 1.29 is 4.74 Å². The number of anilines is 1. The Kier molecular flexibility index (Phi) is 4.93. The molecule has 1 saturated carbocycles. The minimum Gasteiger partial charge on any atom is -0.496 e. The van der Waals surface area contributed by atoms with Gasteiger partial charge in [-0.05, 0) is 58.8 Å². The summed E-state index contributed by atoms with van der Waals surface area (Å²) in [5.41, 5.74) is 1.17. The average molecular weight is 312 g/mol. The first-order valence-electron chi connectivity index (χ1n) is 6.76. The van der Waals surface area contributed by atoms with Crippen molar-refractivity contribution in [1.82, 2.24) is 0 Å². The zero-order valence-electron chi connectivity index (χ0n) is 11.2. The van der Waals surface area contributed by atoms with Gasteiger partial charge in [0.1, 0.15) is 5.75 Å². The van der Waals surface area contributed by atoms with Gasteiger partial charge in [-0.1, -0.05) is 19.8 Å². The van der Waals surface area contributed by atoms with Gasteiger partial charge in [-0.2, -0.15) is 0 Å². The molecule has 18 heavy (non-hydrogen) atoms. The highest BCUT2D eigenvalue weighted by atomic mass is 79.9. The van der Waals surface area contributed by atoms with Crippen LogP contribution in [0.3, 0.4) is 0 Å². The number of hydrogen-bond donors (Lipinski definition) is 1. The van der Waals surface area contributed by atoms with Gasteiger partial charge in [0.15, 0.2) is 0 Å². The van der Waals surface area contributed by atoms with Crippen molar-refractivity contribution in [2.45, 2.75) is 32.6 Å². The van der Waals surface area contributed by atoms with Gasteiger partial charge in [0.2, 0.25) is 0 Å². The van der Waals surface area contributed by atoms with Crippen LogP contribution < -0.4 is 10.1 Å². The Bertz CT molecular complexity index is 394. The summed E-state index contributed by atoms with van der Waals surface area (Å²) < 4.78 is 6.24. The van der Waals surface area contributed by atoms with Gasteiger partial charge < -0.3 is 10.1 Å². The molecule has 1 aliphatic carbocycles. The van der Waals surface area contributed by atoms with E-state index in [9.17, 15) is 0 Å².